The Labute approximate surface area is 121 Å². The van der Waals surface area contributed by atoms with Crippen LogP contribution in [0.5, 0.6) is 0 Å². The Morgan fingerprint density at radius 3 is 2.53 bits per heavy atom. The topological polar surface area (TPSA) is 55.1 Å². The van der Waals surface area contributed by atoms with Crippen LogP contribution in [0.15, 0.2) is 36.4 Å². The molecule has 0 bridgehead atoms. The van der Waals surface area contributed by atoms with Crippen LogP contribution >= 0.6 is 22.6 Å². The van der Waals surface area contributed by atoms with E-state index < -0.39 is 17.5 Å². The van der Waals surface area contributed by atoms with Crippen molar-refractivity contribution in [3.8, 4) is 0 Å². The molecule has 0 aromatic heterocycles. The average molecular weight is 374 g/mol. The molecule has 2 rings (SSSR count). The first-order valence-corrected chi connectivity index (χ1v) is 6.36. The van der Waals surface area contributed by atoms with Crippen molar-refractivity contribution >= 4 is 39.9 Å². The van der Waals surface area contributed by atoms with Crippen LogP contribution in [0.3, 0.4) is 0 Å². The number of carbonyl (C=O) groups excluding carboxylic acids is 1. The van der Waals surface area contributed by atoms with Crippen LogP contribution in [0, 0.1) is 15.2 Å². The molecule has 1 amide bonds. The number of nitrogens with two attached hydrogens (primary N) is 1. The molecule has 0 atom stereocenters. The molecular formula is C13H9F2IN2O. The van der Waals surface area contributed by atoms with E-state index in [9.17, 15) is 13.6 Å². The fourth-order valence-electron chi connectivity index (χ4n) is 1.52. The first-order chi connectivity index (χ1) is 8.97. The Morgan fingerprint density at radius 1 is 1.16 bits per heavy atom. The van der Waals surface area contributed by atoms with E-state index in [4.69, 9.17) is 5.73 Å². The zero-order valence-electron chi connectivity index (χ0n) is 9.58. The van der Waals surface area contributed by atoms with Crippen molar-refractivity contribution in [3.05, 3.63) is 57.2 Å². The zero-order chi connectivity index (χ0) is 14.0. The second kappa shape index (κ2) is 5.52. The molecule has 0 fully saturated rings. The molecule has 0 aliphatic heterocycles. The predicted molar refractivity (Wildman–Crippen MR) is 77.9 cm³/mol. The summed E-state index contributed by atoms with van der Waals surface area (Å²) in [6, 6.07) is 8.64. The maximum atomic E-state index is 13.1. The van der Waals surface area contributed by atoms with Crippen LogP contribution in [0.1, 0.15) is 10.4 Å². The van der Waals surface area contributed by atoms with Gasteiger partial charge in [-0.15, -0.1) is 0 Å². The first kappa shape index (κ1) is 13.7. The Morgan fingerprint density at radius 2 is 1.84 bits per heavy atom. The van der Waals surface area contributed by atoms with Gasteiger partial charge in [-0.1, -0.05) is 6.07 Å². The predicted octanol–water partition coefficient (Wildman–Crippen LogP) is 3.40. The van der Waals surface area contributed by atoms with E-state index in [1.807, 2.05) is 6.07 Å². The highest BCUT2D eigenvalue weighted by atomic mass is 127. The van der Waals surface area contributed by atoms with Crippen LogP contribution in [-0.2, 0) is 0 Å². The highest BCUT2D eigenvalue weighted by Gasteiger charge is 2.14. The largest absolute Gasteiger partial charge is 0.398 e. The maximum absolute atomic E-state index is 13.1. The monoisotopic (exact) mass is 374 g/mol. The van der Waals surface area contributed by atoms with Crippen LogP contribution in [0.4, 0.5) is 20.2 Å². The lowest BCUT2D eigenvalue weighted by Crippen LogP contribution is -2.15. The molecular weight excluding hydrogens is 365 g/mol. The summed E-state index contributed by atoms with van der Waals surface area (Å²) >= 11 is 2.10. The lowest BCUT2D eigenvalue weighted by atomic mass is 10.1. The Kier molecular flexibility index (Phi) is 3.98. The number of nitrogen functional groups attached to an aromatic ring is 1. The third kappa shape index (κ3) is 3.19. The fourth-order valence-corrected chi connectivity index (χ4v) is 2.07. The molecule has 3 N–H and O–H groups in total. The average Bonchev–Trinajstić information content (AvgIpc) is 2.33. The highest BCUT2D eigenvalue weighted by molar-refractivity contribution is 14.1. The lowest BCUT2D eigenvalue weighted by Gasteiger charge is -2.08. The second-order valence-electron chi connectivity index (χ2n) is 3.82. The fraction of sp³-hybridized carbons (Fsp3) is 0. The van der Waals surface area contributed by atoms with Crippen molar-refractivity contribution in [2.75, 3.05) is 11.1 Å². The van der Waals surface area contributed by atoms with Gasteiger partial charge in [0.25, 0.3) is 5.91 Å². The summed E-state index contributed by atoms with van der Waals surface area (Å²) in [7, 11) is 0. The Bertz CT molecular complexity index is 647. The molecule has 0 aliphatic rings. The zero-order valence-corrected chi connectivity index (χ0v) is 11.7. The summed E-state index contributed by atoms with van der Waals surface area (Å²) in [5.74, 6) is -2.77. The minimum Gasteiger partial charge on any atom is -0.398 e. The number of nitrogens with one attached hydrogen (secondary N) is 1. The molecule has 98 valence electrons. The van der Waals surface area contributed by atoms with Gasteiger partial charge in [-0.25, -0.2) is 8.78 Å². The lowest BCUT2D eigenvalue weighted by molar-refractivity contribution is 0.102. The third-order valence-corrected chi connectivity index (χ3v) is 3.09. The summed E-state index contributed by atoms with van der Waals surface area (Å²) in [4.78, 5) is 11.9. The number of hydrogen-bond acceptors (Lipinski definition) is 2. The number of benzene rings is 2. The first-order valence-electron chi connectivity index (χ1n) is 5.29. The third-order valence-electron chi connectivity index (χ3n) is 2.42. The molecule has 0 saturated carbocycles. The maximum Gasteiger partial charge on any atom is 0.257 e. The molecule has 19 heavy (non-hydrogen) atoms. The minimum absolute atomic E-state index is 0.0993. The molecule has 0 aliphatic carbocycles. The summed E-state index contributed by atoms with van der Waals surface area (Å²) in [6.45, 7) is 0. The quantitative estimate of drug-likeness (QED) is 0.626. The summed E-state index contributed by atoms with van der Waals surface area (Å²) in [6.07, 6.45) is 0. The van der Waals surface area contributed by atoms with E-state index in [0.717, 1.165) is 15.7 Å². The summed E-state index contributed by atoms with van der Waals surface area (Å²) < 4.78 is 27.0. The van der Waals surface area contributed by atoms with Crippen molar-refractivity contribution in [3.63, 3.8) is 0 Å². The van der Waals surface area contributed by atoms with Crippen molar-refractivity contribution < 1.29 is 13.6 Å². The molecule has 6 heteroatoms. The number of anilines is 2. The SMILES string of the molecule is Nc1cc(F)c(F)cc1C(=O)Nc1cccc(I)c1. The van der Waals surface area contributed by atoms with Crippen molar-refractivity contribution in [2.24, 2.45) is 0 Å². The van der Waals surface area contributed by atoms with Gasteiger partial charge in [0.1, 0.15) is 0 Å². The number of hydrogen-bond donors (Lipinski definition) is 2. The van der Waals surface area contributed by atoms with Crippen LogP contribution in [-0.4, -0.2) is 5.91 Å². The standard InChI is InChI=1S/C13H9F2IN2O/c14-10-5-9(12(17)6-11(10)15)13(19)18-8-3-1-2-7(16)4-8/h1-6H,17H2,(H,18,19). The van der Waals surface area contributed by atoms with E-state index in [-0.39, 0.29) is 11.3 Å². The Balaban J connectivity index is 2.28. The molecule has 0 radical (unpaired) electrons. The minimum atomic E-state index is -1.11. The highest BCUT2D eigenvalue weighted by Crippen LogP contribution is 2.19. The van der Waals surface area contributed by atoms with Crippen molar-refractivity contribution in [1.29, 1.82) is 0 Å². The van der Waals surface area contributed by atoms with Crippen LogP contribution < -0.4 is 11.1 Å². The van der Waals surface area contributed by atoms with Crippen LogP contribution in [0.2, 0.25) is 0 Å². The van der Waals surface area contributed by atoms with E-state index in [2.05, 4.69) is 27.9 Å². The second-order valence-corrected chi connectivity index (χ2v) is 5.06. The van der Waals surface area contributed by atoms with Gasteiger partial charge in [-0.05, 0) is 46.9 Å². The molecule has 0 unspecified atom stereocenters. The van der Waals surface area contributed by atoms with Gasteiger partial charge in [0.2, 0.25) is 0 Å². The van der Waals surface area contributed by atoms with E-state index in [1.165, 1.54) is 0 Å². The normalized spacial score (nSPS) is 10.3. The number of rotatable bonds is 2. The van der Waals surface area contributed by atoms with E-state index >= 15 is 0 Å². The van der Waals surface area contributed by atoms with E-state index in [1.54, 1.807) is 18.2 Å². The van der Waals surface area contributed by atoms with Gasteiger partial charge in [0, 0.05) is 21.0 Å². The molecule has 0 spiro atoms. The summed E-state index contributed by atoms with van der Waals surface area (Å²) in [5.41, 5.74) is 5.85. The molecule has 2 aromatic rings. The van der Waals surface area contributed by atoms with Gasteiger partial charge in [-0.2, -0.15) is 0 Å². The molecule has 2 aromatic carbocycles. The van der Waals surface area contributed by atoms with Gasteiger partial charge in [0.15, 0.2) is 11.6 Å². The summed E-state index contributed by atoms with van der Waals surface area (Å²) in [5, 5.41) is 2.57. The van der Waals surface area contributed by atoms with E-state index in [0.29, 0.717) is 5.69 Å². The van der Waals surface area contributed by atoms with Crippen molar-refractivity contribution in [1.82, 2.24) is 0 Å². The van der Waals surface area contributed by atoms with Gasteiger partial charge in [-0.3, -0.25) is 4.79 Å². The molecule has 0 saturated heterocycles. The van der Waals surface area contributed by atoms with Gasteiger partial charge >= 0.3 is 0 Å². The number of carbonyl (C=O) groups is 1. The van der Waals surface area contributed by atoms with Crippen molar-refractivity contribution in [2.45, 2.75) is 0 Å². The molecule has 3 nitrogen and oxygen atoms in total. The van der Waals surface area contributed by atoms with Gasteiger partial charge in [0.05, 0.1) is 5.56 Å². The Hall–Kier alpha value is -1.70. The number of halogens is 3. The van der Waals surface area contributed by atoms with Gasteiger partial charge < -0.3 is 11.1 Å². The molecule has 0 heterocycles. The smallest absolute Gasteiger partial charge is 0.257 e. The number of amides is 1. The van der Waals surface area contributed by atoms with Crippen LogP contribution in [0.25, 0.3) is 0 Å².